The number of ether oxygens (including phenoxy) is 2. The topological polar surface area (TPSA) is 169 Å². The van der Waals surface area contributed by atoms with Crippen LogP contribution >= 0.6 is 23.5 Å². The van der Waals surface area contributed by atoms with Crippen LogP contribution in [-0.4, -0.2) is 82.9 Å². The Bertz CT molecular complexity index is 2800. The van der Waals surface area contributed by atoms with E-state index in [1.807, 2.05) is 152 Å². The molecule has 2 aliphatic rings. The van der Waals surface area contributed by atoms with Crippen LogP contribution in [0, 0.1) is 0 Å². The third-order valence-electron chi connectivity index (χ3n) is 13.9. The molecule has 6 aromatic rings. The Morgan fingerprint density at radius 2 is 1.06 bits per heavy atom. The number of cyclic esters (lactones) is 1. The van der Waals surface area contributed by atoms with Crippen molar-refractivity contribution in [3.05, 3.63) is 228 Å². The molecule has 78 heavy (non-hydrogen) atoms. The number of hydrogen-bond donors (Lipinski definition) is 4. The molecule has 4 amide bonds. The molecule has 1 spiro atoms. The maximum atomic E-state index is 14.9. The van der Waals surface area contributed by atoms with Crippen LogP contribution in [0.2, 0.25) is 0 Å². The number of hydrogen-bond acceptors (Lipinski definition) is 10. The van der Waals surface area contributed by atoms with Gasteiger partial charge in [-0.25, -0.2) is 0 Å². The number of nitrogens with one attached hydrogen (secondary N) is 4. The van der Waals surface area contributed by atoms with Gasteiger partial charge >= 0.3 is 11.9 Å². The lowest BCUT2D eigenvalue weighted by Gasteiger charge is -2.42. The van der Waals surface area contributed by atoms with Crippen molar-refractivity contribution in [2.24, 2.45) is 0 Å². The normalized spacial score (nSPS) is 18.7. The van der Waals surface area contributed by atoms with E-state index in [1.54, 1.807) is 38.6 Å². The van der Waals surface area contributed by atoms with E-state index in [-0.39, 0.29) is 25.0 Å². The van der Waals surface area contributed by atoms with Gasteiger partial charge in [0, 0.05) is 12.2 Å². The van der Waals surface area contributed by atoms with Crippen LogP contribution in [0.25, 0.3) is 0 Å². The second-order valence-corrected chi connectivity index (χ2v) is 23.1. The summed E-state index contributed by atoms with van der Waals surface area (Å²) in [6.45, 7) is 4.69. The lowest BCUT2D eigenvalue weighted by atomic mass is 9.75. The van der Waals surface area contributed by atoms with E-state index in [9.17, 15) is 28.8 Å². The molecule has 3 atom stereocenters. The van der Waals surface area contributed by atoms with E-state index in [0.717, 1.165) is 33.4 Å². The number of esters is 2. The summed E-state index contributed by atoms with van der Waals surface area (Å²) in [4.78, 5) is 85.1. The molecule has 1 aliphatic carbocycles. The minimum absolute atomic E-state index is 0.00132. The van der Waals surface area contributed by atoms with Crippen molar-refractivity contribution in [2.75, 3.05) is 18.1 Å². The Hall–Kier alpha value is -7.42. The fraction of sp³-hybridized carbons (Fsp3) is 0.312. The number of carbonyl (C=O) groups is 6. The molecule has 2 fully saturated rings. The second kappa shape index (κ2) is 26.3. The maximum Gasteiger partial charge on any atom is 0.326 e. The van der Waals surface area contributed by atoms with Crippen LogP contribution in [0.1, 0.15) is 99.1 Å². The average Bonchev–Trinajstić information content (AvgIpc) is 3.52. The average molecular weight is 1090 g/mol. The molecule has 14 heteroatoms. The predicted octanol–water partition coefficient (Wildman–Crippen LogP) is 9.95. The van der Waals surface area contributed by atoms with Gasteiger partial charge in [0.05, 0.1) is 15.9 Å². The van der Waals surface area contributed by atoms with Crippen LogP contribution in [-0.2, 0) is 47.7 Å². The van der Waals surface area contributed by atoms with E-state index in [2.05, 4.69) is 57.7 Å². The van der Waals surface area contributed by atoms with Crippen molar-refractivity contribution in [2.45, 2.75) is 105 Å². The van der Waals surface area contributed by atoms with E-state index < -0.39 is 80.9 Å². The van der Waals surface area contributed by atoms with Crippen LogP contribution in [0.5, 0.6) is 0 Å². The van der Waals surface area contributed by atoms with E-state index in [1.165, 1.54) is 11.8 Å². The lowest BCUT2D eigenvalue weighted by molar-refractivity contribution is -0.155. The van der Waals surface area contributed by atoms with Gasteiger partial charge in [0.1, 0.15) is 35.9 Å². The van der Waals surface area contributed by atoms with Crippen molar-refractivity contribution in [3.8, 4) is 0 Å². The third kappa shape index (κ3) is 14.0. The van der Waals surface area contributed by atoms with Gasteiger partial charge in [-0.15, -0.1) is 23.5 Å². The molecular formula is C64H68N4O8S2. The van der Waals surface area contributed by atoms with Gasteiger partial charge in [0.25, 0.3) is 0 Å². The summed E-state index contributed by atoms with van der Waals surface area (Å²) in [5.41, 5.74) is 3.94. The molecule has 8 rings (SSSR count). The van der Waals surface area contributed by atoms with E-state index in [0.29, 0.717) is 31.4 Å². The van der Waals surface area contributed by atoms with Crippen LogP contribution in [0.3, 0.4) is 0 Å². The molecule has 1 saturated heterocycles. The van der Waals surface area contributed by atoms with Gasteiger partial charge in [-0.3, -0.25) is 28.8 Å². The minimum Gasteiger partial charge on any atom is -0.460 e. The standard InChI is InChI=1S/C64H68N4O8S2/c1-61(2,3)76-56(70)39-38-53-58(72)67-54(45-78-64(49-31-16-7-17-32-49,50-33-18-8-19-34-50)51-35-20-9-21-36-51)59(73)68-62(40-24-41-62)60(74)65-44-57(71)75-52(43-55(69)66-53)37-22-23-42-77-63(46-25-10-4-11-26-46,47-27-12-5-13-28-47)48-29-14-6-15-30-48/h4-22,25-37,52-54H,23-24,38-45H2,1-3H3,(H,65,74)(H,66,69)(H,67,72)(H,68,73)/t52-,53+,54-/m0/s1. The SMILES string of the molecule is CC(C)(C)OC(=O)CC[C@H]1NC(=O)C[C@H](C=CCCSC(c2ccccc2)(c2ccccc2)c2ccccc2)OC(=O)CNC(=O)C2(CCC2)NC(=O)[C@H](CSC(c2ccccc2)(c2ccccc2)c2ccccc2)NC1=O. The van der Waals surface area contributed by atoms with Gasteiger partial charge < -0.3 is 30.7 Å². The fourth-order valence-electron chi connectivity index (χ4n) is 10.0. The first-order valence-electron chi connectivity index (χ1n) is 26.6. The smallest absolute Gasteiger partial charge is 0.326 e. The fourth-order valence-corrected chi connectivity index (χ4v) is 13.1. The molecule has 4 N–H and O–H groups in total. The summed E-state index contributed by atoms with van der Waals surface area (Å²) in [6, 6.07) is 58.2. The van der Waals surface area contributed by atoms with Gasteiger partial charge in [-0.1, -0.05) is 188 Å². The Morgan fingerprint density at radius 1 is 0.615 bits per heavy atom. The maximum absolute atomic E-state index is 14.9. The summed E-state index contributed by atoms with van der Waals surface area (Å²) >= 11 is 3.21. The van der Waals surface area contributed by atoms with Crippen molar-refractivity contribution in [1.82, 2.24) is 21.3 Å². The number of benzene rings is 6. The number of rotatable bonds is 17. The lowest BCUT2D eigenvalue weighted by Crippen LogP contribution is -2.66. The van der Waals surface area contributed by atoms with Gasteiger partial charge in [0.15, 0.2) is 0 Å². The molecule has 0 radical (unpaired) electrons. The van der Waals surface area contributed by atoms with Crippen LogP contribution in [0.15, 0.2) is 194 Å². The molecule has 404 valence electrons. The molecule has 0 aromatic heterocycles. The molecule has 0 bridgehead atoms. The number of amides is 4. The zero-order valence-corrected chi connectivity index (χ0v) is 46.0. The Balaban J connectivity index is 1.09. The molecule has 12 nitrogen and oxygen atoms in total. The number of thioether (sulfide) groups is 2. The second-order valence-electron chi connectivity index (χ2n) is 20.6. The first kappa shape index (κ1) is 56.8. The number of allylic oxidation sites excluding steroid dienone is 1. The van der Waals surface area contributed by atoms with Crippen LogP contribution < -0.4 is 21.3 Å². The summed E-state index contributed by atoms with van der Waals surface area (Å²) in [5.74, 6) is -3.31. The first-order valence-corrected chi connectivity index (χ1v) is 28.6. The summed E-state index contributed by atoms with van der Waals surface area (Å²) in [7, 11) is 0. The largest absolute Gasteiger partial charge is 0.460 e. The Labute approximate surface area is 466 Å². The zero-order valence-electron chi connectivity index (χ0n) is 44.4. The van der Waals surface area contributed by atoms with Gasteiger partial charge in [-0.2, -0.15) is 0 Å². The first-order chi connectivity index (χ1) is 37.7. The van der Waals surface area contributed by atoms with Crippen molar-refractivity contribution < 1.29 is 38.2 Å². The zero-order chi connectivity index (χ0) is 55.0. The number of carbonyl (C=O) groups excluding carboxylic acids is 6. The van der Waals surface area contributed by atoms with Crippen molar-refractivity contribution >= 4 is 59.1 Å². The predicted molar refractivity (Wildman–Crippen MR) is 308 cm³/mol. The van der Waals surface area contributed by atoms with E-state index >= 15 is 0 Å². The molecular weight excluding hydrogens is 1020 g/mol. The molecule has 1 saturated carbocycles. The minimum atomic E-state index is -1.37. The highest BCUT2D eigenvalue weighted by molar-refractivity contribution is 8.00. The quantitative estimate of drug-likeness (QED) is 0.0299. The van der Waals surface area contributed by atoms with Crippen LogP contribution in [0.4, 0.5) is 0 Å². The molecule has 6 aromatic carbocycles. The highest BCUT2D eigenvalue weighted by Gasteiger charge is 2.48. The van der Waals surface area contributed by atoms with Gasteiger partial charge in [0.2, 0.25) is 23.6 Å². The monoisotopic (exact) mass is 1080 g/mol. The summed E-state index contributed by atoms with van der Waals surface area (Å²) in [5, 5.41) is 11.5. The van der Waals surface area contributed by atoms with Gasteiger partial charge in [-0.05, 0) is 98.1 Å². The molecule has 0 unspecified atom stereocenters. The van der Waals surface area contributed by atoms with E-state index in [4.69, 9.17) is 9.47 Å². The molecule has 1 aliphatic heterocycles. The summed E-state index contributed by atoms with van der Waals surface area (Å²) < 4.78 is 10.0. The van der Waals surface area contributed by atoms with Crippen molar-refractivity contribution in [3.63, 3.8) is 0 Å². The summed E-state index contributed by atoms with van der Waals surface area (Å²) in [6.07, 6.45) is 3.38. The highest BCUT2D eigenvalue weighted by Crippen LogP contribution is 2.50. The Morgan fingerprint density at radius 3 is 1.49 bits per heavy atom. The highest BCUT2D eigenvalue weighted by atomic mass is 32.2. The third-order valence-corrected chi connectivity index (χ3v) is 17.1. The molecule has 1 heterocycles. The Kier molecular flexibility index (Phi) is 19.1. The van der Waals surface area contributed by atoms with Crippen molar-refractivity contribution in [1.29, 1.82) is 0 Å².